The van der Waals surface area contributed by atoms with Crippen LogP contribution in [0.5, 0.6) is 0 Å². The normalized spacial score (nSPS) is 15.0. The fourth-order valence-electron chi connectivity index (χ4n) is 4.26. The third-order valence-electron chi connectivity index (χ3n) is 5.91. The molecule has 32 heavy (non-hydrogen) atoms. The standard InChI is InChI=1S/C26H23ClN2O3/c1-26(2)13-18-19(14-31-26)20(12-15-6-4-3-5-7-15)29-25-21(18)22(28)24(32-25)23(30)16-8-10-17(27)11-9-16/h3-11H,12-14,28H2,1-2H3. The smallest absolute Gasteiger partial charge is 0.230 e. The predicted molar refractivity (Wildman–Crippen MR) is 125 cm³/mol. The number of fused-ring (bicyclic) bond motifs is 3. The number of nitrogen functional groups attached to an aromatic ring is 1. The van der Waals surface area contributed by atoms with Crippen molar-refractivity contribution < 1.29 is 13.9 Å². The summed E-state index contributed by atoms with van der Waals surface area (Å²) in [5, 5.41) is 1.27. The largest absolute Gasteiger partial charge is 0.432 e. The van der Waals surface area contributed by atoms with Crippen molar-refractivity contribution in [2.24, 2.45) is 0 Å². The fourth-order valence-corrected chi connectivity index (χ4v) is 4.39. The van der Waals surface area contributed by atoms with Gasteiger partial charge in [0.1, 0.15) is 0 Å². The van der Waals surface area contributed by atoms with E-state index in [4.69, 9.17) is 31.5 Å². The number of furan rings is 1. The molecule has 2 aromatic carbocycles. The molecule has 1 aliphatic rings. The lowest BCUT2D eigenvalue weighted by molar-refractivity contribution is -0.0401. The van der Waals surface area contributed by atoms with Crippen LogP contribution in [0.2, 0.25) is 5.02 Å². The summed E-state index contributed by atoms with van der Waals surface area (Å²) in [5.41, 5.74) is 11.4. The van der Waals surface area contributed by atoms with Gasteiger partial charge in [0.25, 0.3) is 0 Å². The van der Waals surface area contributed by atoms with Gasteiger partial charge in [-0.05, 0) is 49.2 Å². The molecule has 0 amide bonds. The minimum absolute atomic E-state index is 0.109. The van der Waals surface area contributed by atoms with Gasteiger partial charge in [-0.1, -0.05) is 41.9 Å². The summed E-state index contributed by atoms with van der Waals surface area (Å²) in [6.45, 7) is 4.54. The van der Waals surface area contributed by atoms with E-state index < -0.39 is 0 Å². The zero-order valence-corrected chi connectivity index (χ0v) is 18.7. The first-order valence-electron chi connectivity index (χ1n) is 10.5. The molecule has 0 radical (unpaired) electrons. The predicted octanol–water partition coefficient (Wildman–Crippen LogP) is 5.74. The summed E-state index contributed by atoms with van der Waals surface area (Å²) < 4.78 is 12.1. The summed E-state index contributed by atoms with van der Waals surface area (Å²) >= 11 is 5.97. The molecule has 0 saturated heterocycles. The van der Waals surface area contributed by atoms with Gasteiger partial charge < -0.3 is 14.9 Å². The number of carbonyl (C=O) groups is 1. The zero-order valence-electron chi connectivity index (χ0n) is 17.9. The van der Waals surface area contributed by atoms with Crippen LogP contribution >= 0.6 is 11.6 Å². The quantitative estimate of drug-likeness (QED) is 0.404. The lowest BCUT2D eigenvalue weighted by Crippen LogP contribution is -2.32. The van der Waals surface area contributed by atoms with Gasteiger partial charge in [0.15, 0.2) is 0 Å². The average Bonchev–Trinajstić information content (AvgIpc) is 3.10. The van der Waals surface area contributed by atoms with E-state index in [0.717, 1.165) is 22.4 Å². The van der Waals surface area contributed by atoms with Gasteiger partial charge in [0, 0.05) is 29.0 Å². The Hall–Kier alpha value is -3.15. The number of hydrogen-bond acceptors (Lipinski definition) is 5. The highest BCUT2D eigenvalue weighted by atomic mass is 35.5. The molecule has 3 heterocycles. The number of rotatable bonds is 4. The molecule has 2 aromatic heterocycles. The van der Waals surface area contributed by atoms with Gasteiger partial charge in [-0.2, -0.15) is 0 Å². The van der Waals surface area contributed by atoms with E-state index in [-0.39, 0.29) is 17.1 Å². The third kappa shape index (κ3) is 3.68. The molecule has 5 nitrogen and oxygen atoms in total. The Morgan fingerprint density at radius 1 is 1.09 bits per heavy atom. The van der Waals surface area contributed by atoms with Gasteiger partial charge in [0.05, 0.1) is 29.0 Å². The van der Waals surface area contributed by atoms with Crippen molar-refractivity contribution in [3.8, 4) is 0 Å². The average molecular weight is 447 g/mol. The molecule has 0 atom stereocenters. The van der Waals surface area contributed by atoms with Crippen molar-refractivity contribution in [3.63, 3.8) is 0 Å². The van der Waals surface area contributed by atoms with Crippen LogP contribution in [-0.4, -0.2) is 16.4 Å². The number of halogens is 1. The van der Waals surface area contributed by atoms with Crippen LogP contribution in [0.1, 0.15) is 52.3 Å². The van der Waals surface area contributed by atoms with Crippen molar-refractivity contribution in [1.29, 1.82) is 0 Å². The minimum atomic E-state index is -0.352. The van der Waals surface area contributed by atoms with Crippen LogP contribution in [0.15, 0.2) is 59.0 Å². The van der Waals surface area contributed by atoms with Crippen LogP contribution in [-0.2, 0) is 24.2 Å². The number of nitrogens with zero attached hydrogens (tertiary/aromatic N) is 1. The van der Waals surface area contributed by atoms with E-state index in [1.807, 2.05) is 18.2 Å². The van der Waals surface area contributed by atoms with Gasteiger partial charge in [-0.25, -0.2) is 4.98 Å². The first-order valence-corrected chi connectivity index (χ1v) is 10.9. The molecule has 4 aromatic rings. The molecular weight excluding hydrogens is 424 g/mol. The van der Waals surface area contributed by atoms with Crippen molar-refractivity contribution in [2.75, 3.05) is 5.73 Å². The number of nitrogens with two attached hydrogens (primary N) is 1. The van der Waals surface area contributed by atoms with Gasteiger partial charge in [-0.15, -0.1) is 0 Å². The van der Waals surface area contributed by atoms with Crippen LogP contribution in [0.4, 0.5) is 5.69 Å². The second-order valence-corrected chi connectivity index (χ2v) is 9.20. The Kier molecular flexibility index (Phi) is 5.03. The lowest BCUT2D eigenvalue weighted by atomic mass is 9.88. The number of ketones is 1. The lowest BCUT2D eigenvalue weighted by Gasteiger charge is -2.33. The molecular formula is C26H23ClN2O3. The van der Waals surface area contributed by atoms with Crippen LogP contribution in [0.25, 0.3) is 11.1 Å². The highest BCUT2D eigenvalue weighted by Gasteiger charge is 2.33. The Morgan fingerprint density at radius 2 is 1.81 bits per heavy atom. The summed E-state index contributed by atoms with van der Waals surface area (Å²) in [7, 11) is 0. The van der Waals surface area contributed by atoms with Crippen LogP contribution in [0, 0.1) is 0 Å². The van der Waals surface area contributed by atoms with Crippen LogP contribution < -0.4 is 5.73 Å². The first-order chi connectivity index (χ1) is 15.3. The van der Waals surface area contributed by atoms with Crippen molar-refractivity contribution in [1.82, 2.24) is 4.98 Å². The monoisotopic (exact) mass is 446 g/mol. The molecule has 0 aliphatic carbocycles. The van der Waals surface area contributed by atoms with E-state index in [2.05, 4.69) is 26.0 Å². The summed E-state index contributed by atoms with van der Waals surface area (Å²) in [6, 6.07) is 16.8. The molecule has 1 aliphatic heterocycles. The van der Waals surface area contributed by atoms with Crippen LogP contribution in [0.3, 0.4) is 0 Å². The Labute approximate surface area is 191 Å². The van der Waals surface area contributed by atoms with Gasteiger partial charge in [-0.3, -0.25) is 4.79 Å². The van der Waals surface area contributed by atoms with Crippen molar-refractivity contribution in [2.45, 2.75) is 38.9 Å². The molecule has 0 spiro atoms. The molecule has 5 rings (SSSR count). The number of ether oxygens (including phenoxy) is 1. The molecule has 2 N–H and O–H groups in total. The maximum absolute atomic E-state index is 13.2. The first kappa shape index (κ1) is 20.7. The summed E-state index contributed by atoms with van der Waals surface area (Å²) in [6.07, 6.45) is 1.30. The number of benzene rings is 2. The van der Waals surface area contributed by atoms with E-state index in [1.54, 1.807) is 24.3 Å². The number of hydrogen-bond donors (Lipinski definition) is 1. The maximum atomic E-state index is 13.2. The molecule has 0 fully saturated rings. The highest BCUT2D eigenvalue weighted by molar-refractivity contribution is 6.30. The Bertz CT molecular complexity index is 1330. The van der Waals surface area contributed by atoms with E-state index in [1.165, 1.54) is 0 Å². The Balaban J connectivity index is 1.68. The SMILES string of the molecule is CC1(C)Cc2c(c(Cc3ccccc3)nc3oc(C(=O)c4ccc(Cl)cc4)c(N)c23)CO1. The molecule has 0 bridgehead atoms. The highest BCUT2D eigenvalue weighted by Crippen LogP contribution is 2.40. The fraction of sp³-hybridized carbons (Fsp3) is 0.231. The summed E-state index contributed by atoms with van der Waals surface area (Å²) in [4.78, 5) is 18.0. The number of carbonyl (C=O) groups excluding carboxylic acids is 1. The minimum Gasteiger partial charge on any atom is -0.432 e. The van der Waals surface area contributed by atoms with E-state index >= 15 is 0 Å². The van der Waals surface area contributed by atoms with E-state index in [9.17, 15) is 4.79 Å². The second kappa shape index (κ2) is 7.76. The molecule has 6 heteroatoms. The number of aromatic nitrogens is 1. The molecule has 0 unspecified atom stereocenters. The summed E-state index contributed by atoms with van der Waals surface area (Å²) in [5.74, 6) is -0.181. The van der Waals surface area contributed by atoms with Crippen molar-refractivity contribution >= 4 is 34.2 Å². The van der Waals surface area contributed by atoms with Crippen molar-refractivity contribution in [3.05, 3.63) is 93.3 Å². The number of pyridine rings is 1. The maximum Gasteiger partial charge on any atom is 0.230 e. The van der Waals surface area contributed by atoms with Gasteiger partial charge >= 0.3 is 0 Å². The second-order valence-electron chi connectivity index (χ2n) is 8.76. The Morgan fingerprint density at radius 3 is 2.53 bits per heavy atom. The van der Waals surface area contributed by atoms with Gasteiger partial charge in [0.2, 0.25) is 17.3 Å². The topological polar surface area (TPSA) is 78.4 Å². The molecule has 0 saturated carbocycles. The van der Waals surface area contributed by atoms with E-state index in [0.29, 0.717) is 46.8 Å². The number of anilines is 1. The third-order valence-corrected chi connectivity index (χ3v) is 6.17. The molecule has 162 valence electrons. The zero-order chi connectivity index (χ0) is 22.5.